The molecule has 1 heteroatoms. The smallest absolute Gasteiger partial charge is 1.00 e. The zero-order valence-corrected chi connectivity index (χ0v) is 10.4. The molecule has 0 rings (SSSR count). The minimum atomic E-state index is 0. The van der Waals surface area contributed by atoms with Gasteiger partial charge in [0.15, 0.2) is 0 Å². The van der Waals surface area contributed by atoms with Gasteiger partial charge in [-0.15, -0.1) is 0 Å². The maximum absolute atomic E-state index is 2.28. The van der Waals surface area contributed by atoms with Crippen LogP contribution in [0.4, 0.5) is 0 Å². The van der Waals surface area contributed by atoms with Crippen LogP contribution in [-0.4, -0.2) is 18.6 Å². The standard InChI is InChI=1S/C10H21.Ga.2H/c1-3-5-7-9-10-8-6-4-2;;;/h1,3-10H2,2H3;;;/q;;2*-1. The van der Waals surface area contributed by atoms with Gasteiger partial charge in [-0.3, -0.25) is 0 Å². The van der Waals surface area contributed by atoms with Gasteiger partial charge >= 0.3 is 81.9 Å². The maximum Gasteiger partial charge on any atom is -1.00 e. The molecule has 0 saturated carbocycles. The van der Waals surface area contributed by atoms with E-state index in [1.807, 2.05) is 18.6 Å². The fourth-order valence-corrected chi connectivity index (χ4v) is 1.88. The second kappa shape index (κ2) is 10.6. The van der Waals surface area contributed by atoms with Crippen LogP contribution in [-0.2, 0) is 0 Å². The van der Waals surface area contributed by atoms with Crippen molar-refractivity contribution in [1.29, 1.82) is 0 Å². The molecule has 0 aliphatic heterocycles. The molecule has 0 heterocycles. The van der Waals surface area contributed by atoms with Crippen LogP contribution in [0.3, 0.4) is 0 Å². The molecule has 2 radical (unpaired) electrons. The van der Waals surface area contributed by atoms with Gasteiger partial charge in [0.1, 0.15) is 0 Å². The van der Waals surface area contributed by atoms with Crippen molar-refractivity contribution in [3.05, 3.63) is 0 Å². The van der Waals surface area contributed by atoms with E-state index in [1.54, 1.807) is 0 Å². The van der Waals surface area contributed by atoms with Gasteiger partial charge in [0.05, 0.1) is 0 Å². The number of hydrogen-bond acceptors (Lipinski definition) is 0. The molecule has 0 fully saturated rings. The first-order valence-corrected chi connectivity index (χ1v) is 6.83. The summed E-state index contributed by atoms with van der Waals surface area (Å²) in [5, 5.41) is 0. The van der Waals surface area contributed by atoms with Crippen molar-refractivity contribution >= 4 is 18.6 Å². The van der Waals surface area contributed by atoms with Crippen molar-refractivity contribution in [2.24, 2.45) is 0 Å². The second-order valence-corrected chi connectivity index (χ2v) is 4.47. The summed E-state index contributed by atoms with van der Waals surface area (Å²) < 4.78 is 0. The Hall–Kier alpha value is 0.636. The Bertz CT molecular complexity index is 61.9. The van der Waals surface area contributed by atoms with Crippen LogP contribution in [0.25, 0.3) is 0 Å². The van der Waals surface area contributed by atoms with Crippen molar-refractivity contribution in [3.63, 3.8) is 0 Å². The summed E-state index contributed by atoms with van der Waals surface area (Å²) in [5.74, 6) is 0. The van der Waals surface area contributed by atoms with Gasteiger partial charge in [-0.1, -0.05) is 0 Å². The Labute approximate surface area is 85.0 Å². The zero-order valence-electron chi connectivity index (χ0n) is 9.94. The van der Waals surface area contributed by atoms with Crippen molar-refractivity contribution < 1.29 is 2.85 Å². The van der Waals surface area contributed by atoms with E-state index in [0.29, 0.717) is 0 Å². The first-order chi connectivity index (χ1) is 5.41. The Morgan fingerprint density at radius 2 is 1.27 bits per heavy atom. The molecule has 0 aromatic heterocycles. The van der Waals surface area contributed by atoms with E-state index in [2.05, 4.69) is 6.92 Å². The van der Waals surface area contributed by atoms with E-state index in [9.17, 15) is 0 Å². The third-order valence-corrected chi connectivity index (χ3v) is 2.91. The topological polar surface area (TPSA) is 0 Å². The number of unbranched alkanes of at least 4 members (excludes halogenated alkanes) is 7. The minimum absolute atomic E-state index is 0. The van der Waals surface area contributed by atoms with Gasteiger partial charge in [0.25, 0.3) is 0 Å². The van der Waals surface area contributed by atoms with Crippen molar-refractivity contribution in [2.75, 3.05) is 0 Å². The van der Waals surface area contributed by atoms with Gasteiger partial charge in [0, 0.05) is 0 Å². The predicted octanol–water partition coefficient (Wildman–Crippen LogP) is 3.94. The van der Waals surface area contributed by atoms with Gasteiger partial charge in [-0.05, 0) is 0 Å². The van der Waals surface area contributed by atoms with Crippen molar-refractivity contribution in [1.82, 2.24) is 0 Å². The zero-order chi connectivity index (χ0) is 8.36. The van der Waals surface area contributed by atoms with Gasteiger partial charge in [-0.25, -0.2) is 0 Å². The molecule has 0 aromatic rings. The first kappa shape index (κ1) is 11.6. The molecule has 0 unspecified atom stereocenters. The van der Waals surface area contributed by atoms with Gasteiger partial charge in [-0.2, -0.15) is 0 Å². The summed E-state index contributed by atoms with van der Waals surface area (Å²) in [5.41, 5.74) is 0. The monoisotopic (exact) mass is 212 g/mol. The van der Waals surface area contributed by atoms with Crippen LogP contribution in [0, 0.1) is 0 Å². The summed E-state index contributed by atoms with van der Waals surface area (Å²) in [7, 11) is 0. The molecular weight excluding hydrogens is 190 g/mol. The number of hydrogen-bond donors (Lipinski definition) is 0. The third kappa shape index (κ3) is 10.6. The quantitative estimate of drug-likeness (QED) is 0.423. The SMILES string of the molecule is CCCCCCCCC[CH2][Ga].[H-].[H-]. The Morgan fingerprint density at radius 1 is 0.818 bits per heavy atom. The van der Waals surface area contributed by atoms with E-state index >= 15 is 0 Å². The van der Waals surface area contributed by atoms with E-state index in [0.717, 1.165) is 0 Å². The van der Waals surface area contributed by atoms with E-state index in [1.165, 1.54) is 56.3 Å². The molecule has 0 aliphatic rings. The summed E-state index contributed by atoms with van der Waals surface area (Å²) >= 11 is 1.89. The van der Waals surface area contributed by atoms with Crippen LogP contribution in [0.2, 0.25) is 4.98 Å². The molecule has 0 bridgehead atoms. The van der Waals surface area contributed by atoms with Crippen molar-refractivity contribution in [3.8, 4) is 0 Å². The summed E-state index contributed by atoms with van der Waals surface area (Å²) in [6.45, 7) is 2.28. The number of rotatable bonds is 8. The summed E-state index contributed by atoms with van der Waals surface area (Å²) in [6.07, 6.45) is 11.7. The molecule has 0 atom stereocenters. The third-order valence-electron chi connectivity index (χ3n) is 2.06. The van der Waals surface area contributed by atoms with Crippen LogP contribution in [0.5, 0.6) is 0 Å². The van der Waals surface area contributed by atoms with Crippen LogP contribution >= 0.6 is 0 Å². The molecule has 0 saturated heterocycles. The van der Waals surface area contributed by atoms with Crippen LogP contribution < -0.4 is 0 Å². The normalized spacial score (nSPS) is 10.3. The molecule has 0 aliphatic carbocycles. The van der Waals surface area contributed by atoms with E-state index in [4.69, 9.17) is 0 Å². The first-order valence-electron chi connectivity index (χ1n) is 5.12. The minimum Gasteiger partial charge on any atom is -1.00 e. The maximum atomic E-state index is 2.28. The fraction of sp³-hybridized carbons (Fsp3) is 1.00. The molecule has 11 heavy (non-hydrogen) atoms. The summed E-state index contributed by atoms with van der Waals surface area (Å²) in [6, 6.07) is 0. The van der Waals surface area contributed by atoms with Crippen LogP contribution in [0.1, 0.15) is 61.1 Å². The molecule has 0 aromatic carbocycles. The second-order valence-electron chi connectivity index (χ2n) is 3.26. The van der Waals surface area contributed by atoms with Crippen LogP contribution in [0.15, 0.2) is 0 Å². The van der Waals surface area contributed by atoms with Gasteiger partial charge < -0.3 is 2.85 Å². The van der Waals surface area contributed by atoms with Crippen molar-refractivity contribution in [2.45, 2.75) is 63.3 Å². The molecule has 68 valence electrons. The molecule has 0 spiro atoms. The molecule has 0 amide bonds. The predicted molar refractivity (Wildman–Crippen MR) is 55.4 cm³/mol. The average molecular weight is 213 g/mol. The van der Waals surface area contributed by atoms with E-state index < -0.39 is 0 Å². The molecule has 0 nitrogen and oxygen atoms in total. The average Bonchev–Trinajstić information content (AvgIpc) is 2.03. The molecule has 0 N–H and O–H groups in total. The molecular formula is C10H23Ga-2. The Balaban J connectivity index is -0.000000500. The summed E-state index contributed by atoms with van der Waals surface area (Å²) in [4.78, 5) is 1.43. The van der Waals surface area contributed by atoms with E-state index in [-0.39, 0.29) is 2.85 Å². The van der Waals surface area contributed by atoms with Gasteiger partial charge in [0.2, 0.25) is 0 Å². The Kier molecular flexibility index (Phi) is 11.3. The largest absolute Gasteiger partial charge is 1.00 e. The Morgan fingerprint density at radius 3 is 1.73 bits per heavy atom. The fourth-order valence-electron chi connectivity index (χ4n) is 1.28.